The van der Waals surface area contributed by atoms with Crippen LogP contribution in [-0.4, -0.2) is 23.9 Å². The number of aryl methyl sites for hydroxylation is 2. The number of likely N-dealkylation sites (tertiary alicyclic amines) is 1. The quantitative estimate of drug-likeness (QED) is 0.917. The number of rotatable bonds is 4. The van der Waals surface area contributed by atoms with Crippen molar-refractivity contribution in [2.45, 2.75) is 33.2 Å². The summed E-state index contributed by atoms with van der Waals surface area (Å²) in [7, 11) is 0. The van der Waals surface area contributed by atoms with Crippen molar-refractivity contribution < 1.29 is 4.79 Å². The fourth-order valence-corrected chi connectivity index (χ4v) is 3.39. The van der Waals surface area contributed by atoms with Crippen molar-refractivity contribution in [1.82, 2.24) is 4.90 Å². The van der Waals surface area contributed by atoms with Crippen LogP contribution in [0, 0.1) is 19.8 Å². The summed E-state index contributed by atoms with van der Waals surface area (Å²) in [5, 5.41) is 3.07. The van der Waals surface area contributed by atoms with E-state index in [0.717, 1.165) is 38.2 Å². The lowest BCUT2D eigenvalue weighted by Crippen LogP contribution is -2.37. The van der Waals surface area contributed by atoms with Crippen LogP contribution in [0.15, 0.2) is 48.5 Å². The number of nitrogens with one attached hydrogen (secondary N) is 1. The highest BCUT2D eigenvalue weighted by atomic mass is 16.1. The first kappa shape index (κ1) is 16.7. The fourth-order valence-electron chi connectivity index (χ4n) is 3.39. The van der Waals surface area contributed by atoms with Crippen LogP contribution in [0.25, 0.3) is 0 Å². The smallest absolute Gasteiger partial charge is 0.227 e. The molecule has 1 N–H and O–H groups in total. The Labute approximate surface area is 144 Å². The molecule has 0 atom stereocenters. The molecule has 0 unspecified atom stereocenters. The Balaban J connectivity index is 1.50. The van der Waals surface area contributed by atoms with Crippen LogP contribution in [0.1, 0.15) is 29.5 Å². The standard InChI is InChI=1S/C21H26N2O/c1-16-5-3-7-18(13-16)15-23-11-9-19(10-12-23)21(24)22-20-8-4-6-17(2)14-20/h3-8,13-14,19H,9-12,15H2,1-2H3,(H,22,24). The second-order valence-corrected chi connectivity index (χ2v) is 6.90. The summed E-state index contributed by atoms with van der Waals surface area (Å²) in [4.78, 5) is 14.9. The molecule has 1 amide bonds. The van der Waals surface area contributed by atoms with Crippen molar-refractivity contribution in [2.75, 3.05) is 18.4 Å². The third-order valence-electron chi connectivity index (χ3n) is 4.73. The van der Waals surface area contributed by atoms with E-state index in [4.69, 9.17) is 0 Å². The van der Waals surface area contributed by atoms with E-state index in [9.17, 15) is 4.79 Å². The molecule has 126 valence electrons. The molecule has 3 heteroatoms. The van der Waals surface area contributed by atoms with Gasteiger partial charge in [0.1, 0.15) is 0 Å². The average Bonchev–Trinajstić information content (AvgIpc) is 2.55. The van der Waals surface area contributed by atoms with Gasteiger partial charge in [0.15, 0.2) is 0 Å². The normalized spacial score (nSPS) is 16.1. The summed E-state index contributed by atoms with van der Waals surface area (Å²) in [5.74, 6) is 0.287. The number of carbonyl (C=O) groups excluding carboxylic acids is 1. The molecule has 1 aliphatic heterocycles. The highest BCUT2D eigenvalue weighted by Gasteiger charge is 2.25. The van der Waals surface area contributed by atoms with E-state index in [-0.39, 0.29) is 11.8 Å². The molecule has 0 spiro atoms. The molecule has 1 fully saturated rings. The molecule has 2 aromatic rings. The Kier molecular flexibility index (Phi) is 5.31. The lowest BCUT2D eigenvalue weighted by Gasteiger charge is -2.31. The monoisotopic (exact) mass is 322 g/mol. The van der Waals surface area contributed by atoms with E-state index < -0.39 is 0 Å². The average molecular weight is 322 g/mol. The summed E-state index contributed by atoms with van der Waals surface area (Å²) in [6.07, 6.45) is 1.87. The first-order valence-corrected chi connectivity index (χ1v) is 8.75. The number of anilines is 1. The molecular weight excluding hydrogens is 296 g/mol. The van der Waals surface area contributed by atoms with Crippen LogP contribution in [0.3, 0.4) is 0 Å². The molecule has 0 aliphatic carbocycles. The first-order valence-electron chi connectivity index (χ1n) is 8.75. The molecule has 1 saturated heterocycles. The van der Waals surface area contributed by atoms with Gasteiger partial charge in [-0.3, -0.25) is 9.69 Å². The molecule has 0 radical (unpaired) electrons. The molecule has 2 aromatic carbocycles. The Morgan fingerprint density at radius 3 is 2.38 bits per heavy atom. The summed E-state index contributed by atoms with van der Waals surface area (Å²) < 4.78 is 0. The number of benzene rings is 2. The Hall–Kier alpha value is -2.13. The number of hydrogen-bond acceptors (Lipinski definition) is 2. The van der Waals surface area contributed by atoms with E-state index in [1.54, 1.807) is 0 Å². The molecule has 0 aromatic heterocycles. The maximum absolute atomic E-state index is 12.5. The van der Waals surface area contributed by atoms with E-state index in [1.165, 1.54) is 16.7 Å². The van der Waals surface area contributed by atoms with Crippen LogP contribution < -0.4 is 5.32 Å². The zero-order valence-electron chi connectivity index (χ0n) is 14.6. The summed E-state index contributed by atoms with van der Waals surface area (Å²) in [5.41, 5.74) is 4.74. The van der Waals surface area contributed by atoms with Crippen molar-refractivity contribution in [3.8, 4) is 0 Å². The van der Waals surface area contributed by atoms with Crippen molar-refractivity contribution >= 4 is 11.6 Å². The largest absolute Gasteiger partial charge is 0.326 e. The van der Waals surface area contributed by atoms with E-state index in [1.807, 2.05) is 31.2 Å². The van der Waals surface area contributed by atoms with E-state index in [0.29, 0.717) is 0 Å². The third-order valence-corrected chi connectivity index (χ3v) is 4.73. The molecule has 1 heterocycles. The Morgan fingerprint density at radius 1 is 1.04 bits per heavy atom. The summed E-state index contributed by atoms with van der Waals surface area (Å²) >= 11 is 0. The number of nitrogens with zero attached hydrogens (tertiary/aromatic N) is 1. The van der Waals surface area contributed by atoms with Crippen molar-refractivity contribution in [3.63, 3.8) is 0 Å². The highest BCUT2D eigenvalue weighted by molar-refractivity contribution is 5.92. The third kappa shape index (κ3) is 4.45. The van der Waals surface area contributed by atoms with Gasteiger partial charge in [0.05, 0.1) is 0 Å². The van der Waals surface area contributed by atoms with Crippen LogP contribution in [-0.2, 0) is 11.3 Å². The SMILES string of the molecule is Cc1cccc(CN2CCC(C(=O)Nc3cccc(C)c3)CC2)c1. The summed E-state index contributed by atoms with van der Waals surface area (Å²) in [6, 6.07) is 16.7. The van der Waals surface area contributed by atoms with Gasteiger partial charge in [0.25, 0.3) is 0 Å². The fraction of sp³-hybridized carbons (Fsp3) is 0.381. The van der Waals surface area contributed by atoms with Gasteiger partial charge in [-0.15, -0.1) is 0 Å². The maximum atomic E-state index is 12.5. The number of amides is 1. The van der Waals surface area contributed by atoms with Gasteiger partial charge in [-0.25, -0.2) is 0 Å². The molecule has 0 saturated carbocycles. The lowest BCUT2D eigenvalue weighted by molar-refractivity contribution is -0.121. The minimum Gasteiger partial charge on any atom is -0.326 e. The number of piperidine rings is 1. The second-order valence-electron chi connectivity index (χ2n) is 6.90. The minimum absolute atomic E-state index is 0.124. The molecule has 24 heavy (non-hydrogen) atoms. The molecule has 3 rings (SSSR count). The van der Waals surface area contributed by atoms with Gasteiger partial charge in [0.2, 0.25) is 5.91 Å². The second kappa shape index (κ2) is 7.63. The van der Waals surface area contributed by atoms with Crippen molar-refractivity contribution in [3.05, 3.63) is 65.2 Å². The van der Waals surface area contributed by atoms with Crippen LogP contribution in [0.2, 0.25) is 0 Å². The Morgan fingerprint density at radius 2 is 1.71 bits per heavy atom. The molecular formula is C21H26N2O. The van der Waals surface area contributed by atoms with Gasteiger partial charge in [-0.2, -0.15) is 0 Å². The highest BCUT2D eigenvalue weighted by Crippen LogP contribution is 2.21. The van der Waals surface area contributed by atoms with Gasteiger partial charge in [0, 0.05) is 18.2 Å². The van der Waals surface area contributed by atoms with E-state index >= 15 is 0 Å². The zero-order valence-corrected chi connectivity index (χ0v) is 14.6. The predicted molar refractivity (Wildman–Crippen MR) is 99.0 cm³/mol. The molecule has 1 aliphatic rings. The zero-order chi connectivity index (χ0) is 16.9. The molecule has 3 nitrogen and oxygen atoms in total. The predicted octanol–water partition coefficient (Wildman–Crippen LogP) is 4.15. The van der Waals surface area contributed by atoms with Crippen molar-refractivity contribution in [1.29, 1.82) is 0 Å². The topological polar surface area (TPSA) is 32.3 Å². The van der Waals surface area contributed by atoms with Gasteiger partial charge in [-0.1, -0.05) is 42.0 Å². The Bertz CT molecular complexity index is 702. The summed E-state index contributed by atoms with van der Waals surface area (Å²) in [6.45, 7) is 7.12. The number of hydrogen-bond donors (Lipinski definition) is 1. The maximum Gasteiger partial charge on any atom is 0.227 e. The van der Waals surface area contributed by atoms with Gasteiger partial charge < -0.3 is 5.32 Å². The van der Waals surface area contributed by atoms with Crippen molar-refractivity contribution in [2.24, 2.45) is 5.92 Å². The van der Waals surface area contributed by atoms with Crippen LogP contribution in [0.5, 0.6) is 0 Å². The molecule has 0 bridgehead atoms. The lowest BCUT2D eigenvalue weighted by atomic mass is 9.95. The minimum atomic E-state index is 0.124. The van der Waals surface area contributed by atoms with Gasteiger partial charge >= 0.3 is 0 Å². The van der Waals surface area contributed by atoms with E-state index in [2.05, 4.69) is 41.4 Å². The van der Waals surface area contributed by atoms with Crippen LogP contribution >= 0.6 is 0 Å². The first-order chi connectivity index (χ1) is 11.6. The van der Waals surface area contributed by atoms with Crippen LogP contribution in [0.4, 0.5) is 5.69 Å². The van der Waals surface area contributed by atoms with Gasteiger partial charge in [-0.05, 0) is 63.0 Å². The number of carbonyl (C=O) groups is 1.